The highest BCUT2D eigenvalue weighted by Crippen LogP contribution is 2.37. The summed E-state index contributed by atoms with van der Waals surface area (Å²) >= 11 is 4.80. The Morgan fingerprint density at radius 1 is 0.958 bits per heavy atom. The van der Waals surface area contributed by atoms with Crippen LogP contribution in [0.4, 0.5) is 8.78 Å². The molecule has 124 valence electrons. The molecule has 0 aliphatic heterocycles. The molecule has 0 spiro atoms. The van der Waals surface area contributed by atoms with Crippen LogP contribution in [0.15, 0.2) is 56.5 Å². The average Bonchev–Trinajstić information content (AvgIpc) is 2.94. The number of sulfone groups is 1. The minimum Gasteiger partial charge on any atom is -0.224 e. The molecular weight excluding hydrogens is 418 g/mol. The van der Waals surface area contributed by atoms with E-state index in [9.17, 15) is 17.2 Å². The number of thiophene rings is 1. The zero-order valence-electron chi connectivity index (χ0n) is 12.4. The van der Waals surface area contributed by atoms with Crippen molar-refractivity contribution in [3.8, 4) is 22.3 Å². The lowest BCUT2D eigenvalue weighted by atomic mass is 9.99. The van der Waals surface area contributed by atoms with E-state index in [2.05, 4.69) is 15.9 Å². The summed E-state index contributed by atoms with van der Waals surface area (Å²) in [7, 11) is -3.97. The maximum atomic E-state index is 14.2. The molecule has 7 heteroatoms. The summed E-state index contributed by atoms with van der Waals surface area (Å²) in [5.74, 6) is -2.17. The van der Waals surface area contributed by atoms with Gasteiger partial charge >= 0.3 is 0 Å². The van der Waals surface area contributed by atoms with Gasteiger partial charge in [0.25, 0.3) is 0 Å². The maximum Gasteiger partial charge on any atom is 0.181 e. The lowest BCUT2D eigenvalue weighted by molar-refractivity contribution is 0.522. The Morgan fingerprint density at radius 3 is 2.08 bits per heavy atom. The summed E-state index contributed by atoms with van der Waals surface area (Å²) in [4.78, 5) is -0.898. The molecule has 0 saturated carbocycles. The molecule has 1 heterocycles. The van der Waals surface area contributed by atoms with Gasteiger partial charge in [0, 0.05) is 21.9 Å². The van der Waals surface area contributed by atoms with Crippen LogP contribution in [0.2, 0.25) is 0 Å². The third-order valence-electron chi connectivity index (χ3n) is 3.48. The van der Waals surface area contributed by atoms with Gasteiger partial charge in [-0.25, -0.2) is 17.2 Å². The molecule has 0 saturated heterocycles. The van der Waals surface area contributed by atoms with Crippen LogP contribution in [0, 0.1) is 11.6 Å². The molecule has 0 bridgehead atoms. The van der Waals surface area contributed by atoms with Crippen molar-refractivity contribution in [2.24, 2.45) is 0 Å². The van der Waals surface area contributed by atoms with Crippen molar-refractivity contribution in [1.82, 2.24) is 0 Å². The van der Waals surface area contributed by atoms with Crippen LogP contribution in [0.5, 0.6) is 0 Å². The summed E-state index contributed by atoms with van der Waals surface area (Å²) in [6.07, 6.45) is 0.783. The van der Waals surface area contributed by atoms with Crippen molar-refractivity contribution in [3.63, 3.8) is 0 Å². The highest BCUT2D eigenvalue weighted by Gasteiger charge is 2.22. The molecule has 0 unspecified atom stereocenters. The fourth-order valence-corrected chi connectivity index (χ4v) is 4.56. The second kappa shape index (κ2) is 6.38. The summed E-state index contributed by atoms with van der Waals surface area (Å²) in [5.41, 5.74) is 2.67. The largest absolute Gasteiger partial charge is 0.224 e. The molecule has 24 heavy (non-hydrogen) atoms. The minimum atomic E-state index is -3.97. The summed E-state index contributed by atoms with van der Waals surface area (Å²) < 4.78 is 52.3. The SMILES string of the molecule is CS(=O)(=O)c1c(F)cc(-c2cscc2-c2cccc(Br)c2)cc1F. The number of hydrogen-bond acceptors (Lipinski definition) is 3. The lowest BCUT2D eigenvalue weighted by Crippen LogP contribution is -2.04. The Morgan fingerprint density at radius 2 is 1.54 bits per heavy atom. The van der Waals surface area contributed by atoms with E-state index < -0.39 is 26.4 Å². The van der Waals surface area contributed by atoms with E-state index in [1.807, 2.05) is 29.6 Å². The highest BCUT2D eigenvalue weighted by atomic mass is 79.9. The predicted octanol–water partition coefficient (Wildman–Crippen LogP) is 5.53. The van der Waals surface area contributed by atoms with E-state index in [4.69, 9.17) is 0 Å². The van der Waals surface area contributed by atoms with Gasteiger partial charge in [0.15, 0.2) is 9.84 Å². The molecule has 2 nitrogen and oxygen atoms in total. The van der Waals surface area contributed by atoms with E-state index in [-0.39, 0.29) is 0 Å². The van der Waals surface area contributed by atoms with Crippen LogP contribution in [0.1, 0.15) is 0 Å². The molecule has 0 aliphatic rings. The van der Waals surface area contributed by atoms with Gasteiger partial charge in [-0.05, 0) is 46.2 Å². The van der Waals surface area contributed by atoms with Gasteiger partial charge in [0.1, 0.15) is 16.5 Å². The molecule has 2 aromatic carbocycles. The van der Waals surface area contributed by atoms with Gasteiger partial charge in [-0.15, -0.1) is 0 Å². The van der Waals surface area contributed by atoms with Crippen molar-refractivity contribution in [3.05, 3.63) is 63.3 Å². The van der Waals surface area contributed by atoms with Gasteiger partial charge in [-0.2, -0.15) is 11.3 Å². The molecule has 1 aromatic heterocycles. The molecule has 0 radical (unpaired) electrons. The monoisotopic (exact) mass is 428 g/mol. The van der Waals surface area contributed by atoms with Crippen molar-refractivity contribution in [2.75, 3.05) is 6.26 Å². The maximum absolute atomic E-state index is 14.2. The Labute approximate surface area is 150 Å². The Bertz CT molecular complexity index is 1000. The normalized spacial score (nSPS) is 11.7. The van der Waals surface area contributed by atoms with Crippen LogP contribution in [0.3, 0.4) is 0 Å². The van der Waals surface area contributed by atoms with Crippen molar-refractivity contribution >= 4 is 37.1 Å². The first-order valence-corrected chi connectivity index (χ1v) is 10.4. The quantitative estimate of drug-likeness (QED) is 0.549. The summed E-state index contributed by atoms with van der Waals surface area (Å²) in [6, 6.07) is 9.67. The molecule has 0 aliphatic carbocycles. The zero-order chi connectivity index (χ0) is 17.5. The number of rotatable bonds is 3. The molecular formula is C17H11BrF2O2S2. The van der Waals surface area contributed by atoms with E-state index in [0.717, 1.165) is 34.0 Å². The van der Waals surface area contributed by atoms with Crippen molar-refractivity contribution in [1.29, 1.82) is 0 Å². The molecule has 3 rings (SSSR count). The summed E-state index contributed by atoms with van der Waals surface area (Å²) in [6.45, 7) is 0. The van der Waals surface area contributed by atoms with E-state index in [0.29, 0.717) is 11.1 Å². The molecule has 0 N–H and O–H groups in total. The number of hydrogen-bond donors (Lipinski definition) is 0. The van der Waals surface area contributed by atoms with Gasteiger partial charge in [-0.1, -0.05) is 28.1 Å². The predicted molar refractivity (Wildman–Crippen MR) is 95.9 cm³/mol. The van der Waals surface area contributed by atoms with Crippen LogP contribution in [0.25, 0.3) is 22.3 Å². The van der Waals surface area contributed by atoms with Gasteiger partial charge in [-0.3, -0.25) is 0 Å². The van der Waals surface area contributed by atoms with Crippen LogP contribution >= 0.6 is 27.3 Å². The van der Waals surface area contributed by atoms with E-state index in [1.54, 1.807) is 5.38 Å². The molecule has 0 atom stereocenters. The fraction of sp³-hybridized carbons (Fsp3) is 0.0588. The first kappa shape index (κ1) is 17.3. The van der Waals surface area contributed by atoms with Crippen molar-refractivity contribution in [2.45, 2.75) is 4.90 Å². The number of halogens is 3. The van der Waals surface area contributed by atoms with E-state index in [1.165, 1.54) is 11.3 Å². The average molecular weight is 429 g/mol. The zero-order valence-corrected chi connectivity index (χ0v) is 15.6. The Balaban J connectivity index is 2.17. The topological polar surface area (TPSA) is 34.1 Å². The minimum absolute atomic E-state index is 0.300. The third kappa shape index (κ3) is 3.29. The molecule has 0 amide bonds. The first-order chi connectivity index (χ1) is 11.3. The second-order valence-corrected chi connectivity index (χ2v) is 8.86. The second-order valence-electron chi connectivity index (χ2n) is 5.25. The first-order valence-electron chi connectivity index (χ1n) is 6.79. The standard InChI is InChI=1S/C17H11BrF2O2S2/c1-24(21,22)17-15(19)6-11(7-16(17)20)14-9-23-8-13(14)10-3-2-4-12(18)5-10/h2-9H,1H3. The van der Waals surface area contributed by atoms with Crippen LogP contribution < -0.4 is 0 Å². The van der Waals surface area contributed by atoms with E-state index >= 15 is 0 Å². The van der Waals surface area contributed by atoms with Gasteiger partial charge in [0.05, 0.1) is 0 Å². The molecule has 3 aromatic rings. The summed E-state index contributed by atoms with van der Waals surface area (Å²) in [5, 5.41) is 3.67. The lowest BCUT2D eigenvalue weighted by Gasteiger charge is -2.09. The third-order valence-corrected chi connectivity index (χ3v) is 5.85. The smallest absolute Gasteiger partial charge is 0.181 e. The van der Waals surface area contributed by atoms with Gasteiger partial charge in [0.2, 0.25) is 0 Å². The van der Waals surface area contributed by atoms with Gasteiger partial charge < -0.3 is 0 Å². The highest BCUT2D eigenvalue weighted by molar-refractivity contribution is 9.10. The fourth-order valence-electron chi connectivity index (χ4n) is 2.47. The number of benzene rings is 2. The Hall–Kier alpha value is -1.57. The van der Waals surface area contributed by atoms with Crippen LogP contribution in [-0.2, 0) is 9.84 Å². The molecule has 0 fully saturated rings. The Kier molecular flexibility index (Phi) is 4.59. The van der Waals surface area contributed by atoms with Crippen LogP contribution in [-0.4, -0.2) is 14.7 Å². The van der Waals surface area contributed by atoms with Crippen molar-refractivity contribution < 1.29 is 17.2 Å².